The number of amides is 2. The van der Waals surface area contributed by atoms with Crippen LogP contribution in [0.25, 0.3) is 6.08 Å². The molecule has 3 rings (SSSR count). The van der Waals surface area contributed by atoms with Crippen molar-refractivity contribution in [3.05, 3.63) is 73.2 Å². The third kappa shape index (κ3) is 8.62. The highest BCUT2D eigenvalue weighted by molar-refractivity contribution is 9.10. The van der Waals surface area contributed by atoms with E-state index < -0.39 is 36.5 Å². The number of hydrogen-bond acceptors (Lipinski definition) is 2. The van der Waals surface area contributed by atoms with E-state index in [-0.39, 0.29) is 40.3 Å². The topological polar surface area (TPSA) is 49.4 Å². The van der Waals surface area contributed by atoms with Gasteiger partial charge >= 0.3 is 12.4 Å². The van der Waals surface area contributed by atoms with Gasteiger partial charge in [-0.05, 0) is 70.6 Å². The summed E-state index contributed by atoms with van der Waals surface area (Å²) in [5.41, 5.74) is 0.988. The van der Waals surface area contributed by atoms with Crippen LogP contribution in [0.2, 0.25) is 10.0 Å². The molecule has 39 heavy (non-hydrogen) atoms. The molecule has 2 aromatic carbocycles. The van der Waals surface area contributed by atoms with E-state index in [1.54, 1.807) is 6.92 Å². The first-order valence-corrected chi connectivity index (χ1v) is 13.3. The summed E-state index contributed by atoms with van der Waals surface area (Å²) in [5.74, 6) is -3.40. The maximum Gasteiger partial charge on any atom is 0.399 e. The molecule has 1 aliphatic heterocycles. The zero-order valence-corrected chi connectivity index (χ0v) is 23.5. The number of likely N-dealkylation sites (tertiary alicyclic amines) is 1. The summed E-state index contributed by atoms with van der Waals surface area (Å²) >= 11 is 15.2. The molecule has 4 nitrogen and oxygen atoms in total. The van der Waals surface area contributed by atoms with E-state index in [1.165, 1.54) is 36.4 Å². The first-order valence-electron chi connectivity index (χ1n) is 11.7. The minimum Gasteiger partial charge on any atom is -0.349 e. The Balaban J connectivity index is 1.66. The minimum absolute atomic E-state index is 0.0195. The fraction of sp³-hybridized carbons (Fsp3) is 0.385. The lowest BCUT2D eigenvalue weighted by molar-refractivity contribution is -0.162. The zero-order valence-electron chi connectivity index (χ0n) is 20.4. The predicted molar refractivity (Wildman–Crippen MR) is 141 cm³/mol. The molecule has 1 unspecified atom stereocenters. The molecule has 13 heteroatoms. The predicted octanol–water partition coefficient (Wildman–Crippen LogP) is 8.10. The van der Waals surface area contributed by atoms with Crippen molar-refractivity contribution in [2.45, 2.75) is 50.5 Å². The quantitative estimate of drug-likeness (QED) is 0.319. The van der Waals surface area contributed by atoms with E-state index >= 15 is 0 Å². The van der Waals surface area contributed by atoms with E-state index in [4.69, 9.17) is 23.2 Å². The first kappa shape index (κ1) is 31.3. The third-order valence-electron chi connectivity index (χ3n) is 6.20. The number of benzene rings is 2. The number of carbonyl (C=O) groups excluding carboxylic acids is 2. The molecule has 1 N–H and O–H groups in total. The normalized spacial score (nSPS) is 16.0. The van der Waals surface area contributed by atoms with Gasteiger partial charge in [0.05, 0.1) is 21.5 Å². The highest BCUT2D eigenvalue weighted by atomic mass is 79.9. The van der Waals surface area contributed by atoms with Crippen molar-refractivity contribution < 1.29 is 35.9 Å². The number of nitrogens with one attached hydrogen (secondary N) is 1. The molecule has 0 radical (unpaired) electrons. The first-order chi connectivity index (χ1) is 18.0. The number of alkyl halides is 6. The molecule has 1 atom stereocenters. The number of nitrogens with zero attached hydrogens (tertiary/aromatic N) is 1. The average Bonchev–Trinajstić information content (AvgIpc) is 2.81. The Labute approximate surface area is 239 Å². The van der Waals surface area contributed by atoms with E-state index in [9.17, 15) is 35.9 Å². The van der Waals surface area contributed by atoms with Gasteiger partial charge < -0.3 is 10.2 Å². The van der Waals surface area contributed by atoms with Crippen molar-refractivity contribution in [2.24, 2.45) is 0 Å². The number of aryl methyl sites for hydroxylation is 1. The van der Waals surface area contributed by atoms with Crippen LogP contribution < -0.4 is 5.32 Å². The van der Waals surface area contributed by atoms with Crippen LogP contribution in [-0.2, 0) is 4.79 Å². The van der Waals surface area contributed by atoms with Gasteiger partial charge in [0.25, 0.3) is 5.91 Å². The Bertz CT molecular complexity index is 1230. The van der Waals surface area contributed by atoms with Crippen LogP contribution in [0.1, 0.15) is 52.2 Å². The van der Waals surface area contributed by atoms with Gasteiger partial charge in [0.2, 0.25) is 5.91 Å². The van der Waals surface area contributed by atoms with Crippen molar-refractivity contribution >= 4 is 57.0 Å². The second kappa shape index (κ2) is 12.5. The molecule has 0 spiro atoms. The SMILES string of the molecule is Cc1cc(C(/C=C/c2ccc(C(=O)NC3CCN(C(=O)CC(F)(F)F)CC3)c(Br)c2)C(F)(F)F)cc(Cl)c1Cl. The van der Waals surface area contributed by atoms with Crippen LogP contribution in [0.3, 0.4) is 0 Å². The van der Waals surface area contributed by atoms with Crippen LogP contribution >= 0.6 is 39.1 Å². The number of hydrogen-bond donors (Lipinski definition) is 1. The fourth-order valence-corrected chi connectivity index (χ4v) is 5.15. The average molecular weight is 660 g/mol. The summed E-state index contributed by atoms with van der Waals surface area (Å²) in [7, 11) is 0. The molecule has 0 aliphatic carbocycles. The highest BCUT2D eigenvalue weighted by Crippen LogP contribution is 2.39. The van der Waals surface area contributed by atoms with Gasteiger partial charge in [-0.1, -0.05) is 47.5 Å². The summed E-state index contributed by atoms with van der Waals surface area (Å²) in [5, 5.41) is 2.99. The van der Waals surface area contributed by atoms with E-state index in [1.807, 2.05) is 0 Å². The van der Waals surface area contributed by atoms with Crippen LogP contribution in [0, 0.1) is 6.92 Å². The molecule has 1 heterocycles. The molecule has 0 saturated carbocycles. The van der Waals surface area contributed by atoms with Gasteiger partial charge in [0, 0.05) is 23.6 Å². The number of carbonyl (C=O) groups is 2. The summed E-state index contributed by atoms with van der Waals surface area (Å²) in [6.07, 6.45) is -7.82. The molecule has 0 aromatic heterocycles. The maximum absolute atomic E-state index is 13.8. The lowest BCUT2D eigenvalue weighted by Gasteiger charge is -2.32. The van der Waals surface area contributed by atoms with Gasteiger partial charge in [-0.25, -0.2) is 0 Å². The second-order valence-corrected chi connectivity index (χ2v) is 10.8. The van der Waals surface area contributed by atoms with Gasteiger partial charge in [0.15, 0.2) is 0 Å². The molecule has 0 bridgehead atoms. The van der Waals surface area contributed by atoms with Crippen molar-refractivity contribution in [3.8, 4) is 0 Å². The van der Waals surface area contributed by atoms with E-state index in [2.05, 4.69) is 21.2 Å². The Kier molecular flexibility index (Phi) is 10.0. The van der Waals surface area contributed by atoms with Gasteiger partial charge in [-0.3, -0.25) is 9.59 Å². The number of piperidine rings is 1. The van der Waals surface area contributed by atoms with Crippen LogP contribution in [0.5, 0.6) is 0 Å². The lowest BCUT2D eigenvalue weighted by Crippen LogP contribution is -2.47. The maximum atomic E-state index is 13.8. The smallest absolute Gasteiger partial charge is 0.349 e. The largest absolute Gasteiger partial charge is 0.399 e. The van der Waals surface area contributed by atoms with Crippen molar-refractivity contribution in [1.82, 2.24) is 10.2 Å². The van der Waals surface area contributed by atoms with Crippen LogP contribution in [-0.4, -0.2) is 48.2 Å². The minimum atomic E-state index is -4.59. The molecule has 1 aliphatic rings. The number of rotatable bonds is 6. The standard InChI is InChI=1S/C26H23BrCl2F6N2O2/c1-14-10-16(12-21(28)23(14)29)19(26(33,34)35)5-3-15-2-4-18(20(27)11-15)24(39)36-17-6-8-37(9-7-17)22(38)13-25(30,31)32/h2-5,10-12,17,19H,6-9,13H2,1H3,(H,36,39)/b5-3+. The van der Waals surface area contributed by atoms with Crippen molar-refractivity contribution in [2.75, 3.05) is 13.1 Å². The van der Waals surface area contributed by atoms with Crippen LogP contribution in [0.4, 0.5) is 26.3 Å². The Morgan fingerprint density at radius 3 is 2.28 bits per heavy atom. The van der Waals surface area contributed by atoms with Crippen molar-refractivity contribution in [1.29, 1.82) is 0 Å². The Morgan fingerprint density at radius 2 is 1.74 bits per heavy atom. The van der Waals surface area contributed by atoms with E-state index in [0.29, 0.717) is 28.4 Å². The molecular formula is C26H23BrCl2F6N2O2. The van der Waals surface area contributed by atoms with E-state index in [0.717, 1.165) is 11.0 Å². The molecular weight excluding hydrogens is 637 g/mol. The van der Waals surface area contributed by atoms with Gasteiger partial charge in [0.1, 0.15) is 6.42 Å². The number of halogens is 9. The highest BCUT2D eigenvalue weighted by Gasteiger charge is 2.39. The summed E-state index contributed by atoms with van der Waals surface area (Å²) < 4.78 is 79.2. The second-order valence-electron chi connectivity index (χ2n) is 9.17. The number of allylic oxidation sites excluding steroid dienone is 1. The van der Waals surface area contributed by atoms with Gasteiger partial charge in [-0.2, -0.15) is 26.3 Å². The molecule has 212 valence electrons. The van der Waals surface area contributed by atoms with Crippen LogP contribution in [0.15, 0.2) is 40.9 Å². The Morgan fingerprint density at radius 1 is 1.10 bits per heavy atom. The Hall–Kier alpha value is -2.24. The molecule has 1 saturated heterocycles. The lowest BCUT2D eigenvalue weighted by atomic mass is 9.95. The van der Waals surface area contributed by atoms with Crippen molar-refractivity contribution in [3.63, 3.8) is 0 Å². The fourth-order valence-electron chi connectivity index (χ4n) is 4.19. The molecule has 2 amide bonds. The summed E-state index contributed by atoms with van der Waals surface area (Å²) in [6.45, 7) is 1.74. The summed E-state index contributed by atoms with van der Waals surface area (Å²) in [4.78, 5) is 25.6. The molecule has 1 fully saturated rings. The molecule has 2 aromatic rings. The van der Waals surface area contributed by atoms with Gasteiger partial charge in [-0.15, -0.1) is 0 Å². The summed E-state index contributed by atoms with van der Waals surface area (Å²) in [6, 6.07) is 6.60. The monoisotopic (exact) mass is 658 g/mol. The zero-order chi connectivity index (χ0) is 29.1. The third-order valence-corrected chi connectivity index (χ3v) is 7.75.